The summed E-state index contributed by atoms with van der Waals surface area (Å²) in [5, 5.41) is 0. The molecule has 0 N–H and O–H groups in total. The summed E-state index contributed by atoms with van der Waals surface area (Å²) in [5.41, 5.74) is -1.73. The molecule has 0 aromatic heterocycles. The maximum atomic E-state index is 13.4. The number of ketones is 1. The van der Waals surface area contributed by atoms with E-state index in [1.165, 1.54) is 12.1 Å². The van der Waals surface area contributed by atoms with E-state index < -0.39 is 41.2 Å². The van der Waals surface area contributed by atoms with Crippen LogP contribution in [0, 0.1) is 5.41 Å². The number of piperazine rings is 1. The maximum Gasteiger partial charge on any atom is 0.433 e. The van der Waals surface area contributed by atoms with E-state index in [0.29, 0.717) is 13.1 Å². The van der Waals surface area contributed by atoms with Crippen LogP contribution < -0.4 is 4.90 Å². The van der Waals surface area contributed by atoms with Crippen molar-refractivity contribution in [3.8, 4) is 0 Å². The van der Waals surface area contributed by atoms with Gasteiger partial charge in [-0.2, -0.15) is 18.1 Å². The SMILES string of the molecule is CC(C)(C)C(=O)C1C[N@@]2CC3C(=O)N(c4cccc(C(F)(F)F)c4)C(=O)[N+]31C2. The highest BCUT2D eigenvalue weighted by molar-refractivity contribution is 6.18. The number of halogens is 3. The van der Waals surface area contributed by atoms with Crippen LogP contribution >= 0.6 is 0 Å². The predicted molar refractivity (Wildman–Crippen MR) is 93.1 cm³/mol. The maximum absolute atomic E-state index is 13.4. The van der Waals surface area contributed by atoms with E-state index in [2.05, 4.69) is 0 Å². The second-order valence-corrected chi connectivity index (χ2v) is 8.76. The number of carbonyl (C=O) groups excluding carboxylic acids is 3. The topological polar surface area (TPSA) is 57.7 Å². The molecule has 2 bridgehead atoms. The van der Waals surface area contributed by atoms with E-state index in [4.69, 9.17) is 0 Å². The quantitative estimate of drug-likeness (QED) is 0.570. The second-order valence-electron chi connectivity index (χ2n) is 8.76. The van der Waals surface area contributed by atoms with E-state index in [-0.39, 0.29) is 22.6 Å². The van der Waals surface area contributed by atoms with Crippen LogP contribution in [0.5, 0.6) is 0 Å². The number of carbonyl (C=O) groups is 3. The summed E-state index contributed by atoms with van der Waals surface area (Å²) >= 11 is 0. The van der Waals surface area contributed by atoms with Crippen LogP contribution in [0.3, 0.4) is 0 Å². The number of anilines is 1. The van der Waals surface area contributed by atoms with Gasteiger partial charge >= 0.3 is 12.2 Å². The Morgan fingerprint density at radius 2 is 1.82 bits per heavy atom. The van der Waals surface area contributed by atoms with Gasteiger partial charge in [0.15, 0.2) is 17.9 Å². The Bertz CT molecular complexity index is 892. The first-order valence-corrected chi connectivity index (χ1v) is 9.07. The Labute approximate surface area is 160 Å². The van der Waals surface area contributed by atoms with Gasteiger partial charge in [0.2, 0.25) is 0 Å². The van der Waals surface area contributed by atoms with E-state index in [1.807, 2.05) is 4.90 Å². The molecule has 1 spiro atoms. The molecule has 4 rings (SSSR count). The lowest BCUT2D eigenvalue weighted by Crippen LogP contribution is -2.64. The van der Waals surface area contributed by atoms with E-state index in [1.54, 1.807) is 20.8 Å². The molecule has 0 aliphatic carbocycles. The fourth-order valence-corrected chi connectivity index (χ4v) is 4.60. The number of Topliss-reactive ketones (excluding diaryl/α,β-unsaturated/α-hetero) is 1. The molecule has 0 radical (unpaired) electrons. The van der Waals surface area contributed by atoms with Crippen LogP contribution in [-0.4, -0.2) is 58.9 Å². The number of amides is 3. The molecule has 28 heavy (non-hydrogen) atoms. The van der Waals surface area contributed by atoms with Gasteiger partial charge in [-0.15, -0.1) is 0 Å². The van der Waals surface area contributed by atoms with Crippen LogP contribution in [0.1, 0.15) is 26.3 Å². The largest absolute Gasteiger partial charge is 0.433 e. The van der Waals surface area contributed by atoms with E-state index in [0.717, 1.165) is 17.0 Å². The van der Waals surface area contributed by atoms with Crippen molar-refractivity contribution >= 4 is 23.4 Å². The van der Waals surface area contributed by atoms with Gasteiger partial charge in [-0.1, -0.05) is 26.8 Å². The lowest BCUT2D eigenvalue weighted by molar-refractivity contribution is -0.853. The summed E-state index contributed by atoms with van der Waals surface area (Å²) in [6.07, 6.45) is -4.58. The highest BCUT2D eigenvalue weighted by Gasteiger charge is 2.73. The minimum Gasteiger partial charge on any atom is -0.292 e. The lowest BCUT2D eigenvalue weighted by Gasteiger charge is -2.35. The molecule has 3 fully saturated rings. The Morgan fingerprint density at radius 1 is 1.14 bits per heavy atom. The smallest absolute Gasteiger partial charge is 0.292 e. The lowest BCUT2D eigenvalue weighted by atomic mass is 9.84. The average Bonchev–Trinajstić information content (AvgIpc) is 3.22. The molecule has 9 heteroatoms. The van der Waals surface area contributed by atoms with Gasteiger partial charge < -0.3 is 0 Å². The molecular weight excluding hydrogens is 375 g/mol. The third-order valence-corrected chi connectivity index (χ3v) is 5.94. The van der Waals surface area contributed by atoms with Gasteiger partial charge in [0.25, 0.3) is 5.91 Å². The number of benzene rings is 1. The molecule has 0 saturated carbocycles. The summed E-state index contributed by atoms with van der Waals surface area (Å²) in [6.45, 7) is 6.22. The molecule has 3 heterocycles. The Kier molecular flexibility index (Phi) is 3.84. The summed E-state index contributed by atoms with van der Waals surface area (Å²) in [4.78, 5) is 42.2. The number of fused-ring (bicyclic) bond motifs is 1. The van der Waals surface area contributed by atoms with E-state index in [9.17, 15) is 27.6 Å². The van der Waals surface area contributed by atoms with Crippen molar-refractivity contribution in [3.63, 3.8) is 0 Å². The molecule has 3 amide bonds. The number of urea groups is 1. The fourth-order valence-electron chi connectivity index (χ4n) is 4.60. The first-order valence-electron chi connectivity index (χ1n) is 9.07. The number of nitrogens with zero attached hydrogens (tertiary/aromatic N) is 3. The zero-order chi connectivity index (χ0) is 20.6. The standard InChI is InChI=1S/C19H21F3N3O3/c1-18(2,3)15(26)13-8-23-9-14-16(27)24(17(28)25(13,14)10-23)12-6-4-5-11(7-12)19(20,21)22/h4-7,13-14H,8-10H2,1-3H3/q+1. The van der Waals surface area contributed by atoms with Crippen molar-refractivity contribution in [2.24, 2.45) is 5.41 Å². The van der Waals surface area contributed by atoms with Crippen molar-refractivity contribution in [1.29, 1.82) is 0 Å². The number of imide groups is 1. The van der Waals surface area contributed by atoms with Gasteiger partial charge in [-0.05, 0) is 18.2 Å². The highest BCUT2D eigenvalue weighted by atomic mass is 19.4. The van der Waals surface area contributed by atoms with Crippen molar-refractivity contribution in [2.45, 2.75) is 39.0 Å². The normalized spacial score (nSPS) is 32.2. The zero-order valence-corrected chi connectivity index (χ0v) is 15.8. The molecule has 3 aliphatic rings. The van der Waals surface area contributed by atoms with Gasteiger partial charge in [0.05, 0.1) is 24.3 Å². The van der Waals surface area contributed by atoms with Crippen LogP contribution in [0.15, 0.2) is 24.3 Å². The summed E-state index contributed by atoms with van der Waals surface area (Å²) in [5.74, 6) is -0.662. The zero-order valence-electron chi connectivity index (χ0n) is 15.8. The number of rotatable bonds is 2. The molecule has 3 aliphatic heterocycles. The van der Waals surface area contributed by atoms with Gasteiger partial charge in [0.1, 0.15) is 6.67 Å². The second kappa shape index (κ2) is 5.64. The van der Waals surface area contributed by atoms with Crippen molar-refractivity contribution in [1.82, 2.24) is 4.90 Å². The van der Waals surface area contributed by atoms with Crippen LogP contribution in [0.2, 0.25) is 0 Å². The number of quaternary nitrogens is 1. The molecule has 3 saturated heterocycles. The third kappa shape index (κ3) is 2.45. The first kappa shape index (κ1) is 19.1. The number of hydrogen-bond donors (Lipinski definition) is 0. The molecule has 6 nitrogen and oxygen atoms in total. The monoisotopic (exact) mass is 396 g/mol. The van der Waals surface area contributed by atoms with Gasteiger partial charge in [0, 0.05) is 5.41 Å². The van der Waals surface area contributed by atoms with Crippen molar-refractivity contribution in [3.05, 3.63) is 29.8 Å². The highest BCUT2D eigenvalue weighted by Crippen LogP contribution is 2.45. The number of hydrogen-bond acceptors (Lipinski definition) is 4. The molecule has 4 atom stereocenters. The predicted octanol–water partition coefficient (Wildman–Crippen LogP) is 2.63. The Morgan fingerprint density at radius 3 is 2.43 bits per heavy atom. The molecule has 150 valence electrons. The molecular formula is C19H21F3N3O3+. The van der Waals surface area contributed by atoms with Crippen molar-refractivity contribution < 1.29 is 32.0 Å². The molecule has 3 unspecified atom stereocenters. The van der Waals surface area contributed by atoms with Gasteiger partial charge in [-0.25, -0.2) is 14.2 Å². The molecule has 1 aromatic carbocycles. The van der Waals surface area contributed by atoms with Crippen molar-refractivity contribution in [2.75, 3.05) is 24.7 Å². The first-order chi connectivity index (χ1) is 12.9. The van der Waals surface area contributed by atoms with Crippen LogP contribution in [0.4, 0.5) is 23.7 Å². The minimum atomic E-state index is -4.58. The summed E-state index contributed by atoms with van der Waals surface area (Å²) < 4.78 is 38.9. The third-order valence-electron chi connectivity index (χ3n) is 5.94. The summed E-state index contributed by atoms with van der Waals surface area (Å²) in [7, 11) is 0. The van der Waals surface area contributed by atoms with E-state index >= 15 is 0 Å². The fraction of sp³-hybridized carbons (Fsp3) is 0.526. The number of alkyl halides is 3. The summed E-state index contributed by atoms with van der Waals surface area (Å²) in [6, 6.07) is 2.14. The minimum absolute atomic E-state index is 0.105. The molecule has 1 aromatic rings. The van der Waals surface area contributed by atoms with Crippen LogP contribution in [0.25, 0.3) is 0 Å². The average molecular weight is 396 g/mol. The van der Waals surface area contributed by atoms with Crippen LogP contribution in [-0.2, 0) is 15.8 Å². The Balaban J connectivity index is 1.77. The Hall–Kier alpha value is -2.26. The van der Waals surface area contributed by atoms with Gasteiger partial charge in [-0.3, -0.25) is 9.59 Å².